The van der Waals surface area contributed by atoms with Gasteiger partial charge in [0, 0.05) is 22.8 Å². The van der Waals surface area contributed by atoms with Gasteiger partial charge in [-0.2, -0.15) is 0 Å². The molecule has 0 saturated carbocycles. The quantitative estimate of drug-likeness (QED) is 0.873. The van der Waals surface area contributed by atoms with Gasteiger partial charge < -0.3 is 10.5 Å². The average Bonchev–Trinajstić information content (AvgIpc) is 2.40. The van der Waals surface area contributed by atoms with Crippen LogP contribution >= 0.6 is 11.6 Å². The summed E-state index contributed by atoms with van der Waals surface area (Å²) in [6, 6.07) is 7.68. The van der Waals surface area contributed by atoms with E-state index in [1.54, 1.807) is 25.1 Å². The zero-order valence-electron chi connectivity index (χ0n) is 11.6. The number of methoxy groups -OCH3 is 1. The predicted molar refractivity (Wildman–Crippen MR) is 82.3 cm³/mol. The Morgan fingerprint density at radius 3 is 2.67 bits per heavy atom. The summed E-state index contributed by atoms with van der Waals surface area (Å²) >= 11 is 5.84. The van der Waals surface area contributed by atoms with Crippen LogP contribution in [0.4, 0.5) is 5.69 Å². The molecule has 0 bridgehead atoms. The Bertz CT molecular complexity index is 776. The summed E-state index contributed by atoms with van der Waals surface area (Å²) in [7, 11) is -2.12. The molecule has 2 aromatic rings. The van der Waals surface area contributed by atoms with Crippen molar-refractivity contribution in [2.45, 2.75) is 17.6 Å². The number of aromatic nitrogens is 1. The maximum absolute atomic E-state index is 12.5. The van der Waals surface area contributed by atoms with Crippen molar-refractivity contribution in [1.82, 2.24) is 4.98 Å². The van der Waals surface area contributed by atoms with Gasteiger partial charge in [0.05, 0.1) is 29.1 Å². The second-order valence-electron chi connectivity index (χ2n) is 4.58. The summed E-state index contributed by atoms with van der Waals surface area (Å²) < 4.78 is 30.1. The normalized spacial score (nSPS) is 11.4. The molecule has 5 nitrogen and oxygen atoms in total. The van der Waals surface area contributed by atoms with Gasteiger partial charge in [-0.1, -0.05) is 11.6 Å². The van der Waals surface area contributed by atoms with Crippen molar-refractivity contribution in [3.63, 3.8) is 0 Å². The third-order valence-electron chi connectivity index (χ3n) is 2.86. The molecular weight excluding hydrogens is 312 g/mol. The number of ether oxygens (including phenoxy) is 1. The van der Waals surface area contributed by atoms with Crippen molar-refractivity contribution < 1.29 is 13.2 Å². The summed E-state index contributed by atoms with van der Waals surface area (Å²) in [6.45, 7) is 1.77. The zero-order chi connectivity index (χ0) is 15.6. The standard InChI is InChI=1S/C14H15ClN2O3S/c1-9-5-12(20-2)7-11(17-9)8-21(18,19)14-6-10(15)3-4-13(14)16/h3-7H,8,16H2,1-2H3. The van der Waals surface area contributed by atoms with Gasteiger partial charge in [0.15, 0.2) is 9.84 Å². The van der Waals surface area contributed by atoms with Crippen molar-refractivity contribution in [2.24, 2.45) is 0 Å². The van der Waals surface area contributed by atoms with Crippen LogP contribution in [0.5, 0.6) is 5.75 Å². The van der Waals surface area contributed by atoms with E-state index in [4.69, 9.17) is 22.1 Å². The van der Waals surface area contributed by atoms with E-state index >= 15 is 0 Å². The van der Waals surface area contributed by atoms with Crippen molar-refractivity contribution in [2.75, 3.05) is 12.8 Å². The highest BCUT2D eigenvalue weighted by Crippen LogP contribution is 2.26. The first-order valence-electron chi connectivity index (χ1n) is 6.11. The predicted octanol–water partition coefficient (Wildman–Crippen LogP) is 2.61. The fourth-order valence-electron chi connectivity index (χ4n) is 1.94. The van der Waals surface area contributed by atoms with Crippen molar-refractivity contribution >= 4 is 27.1 Å². The van der Waals surface area contributed by atoms with E-state index in [0.29, 0.717) is 22.2 Å². The van der Waals surface area contributed by atoms with Gasteiger partial charge in [-0.3, -0.25) is 4.98 Å². The molecule has 1 heterocycles. The van der Waals surface area contributed by atoms with E-state index in [1.807, 2.05) is 0 Å². The Morgan fingerprint density at radius 2 is 2.00 bits per heavy atom. The molecule has 2 N–H and O–H groups in total. The summed E-state index contributed by atoms with van der Waals surface area (Å²) in [5, 5.41) is 0.317. The van der Waals surface area contributed by atoms with Crippen LogP contribution in [0.3, 0.4) is 0 Å². The Labute approximate surface area is 128 Å². The Kier molecular flexibility index (Phi) is 4.39. The van der Waals surface area contributed by atoms with Crippen LogP contribution in [-0.2, 0) is 15.6 Å². The third kappa shape index (κ3) is 3.65. The fourth-order valence-corrected chi connectivity index (χ4v) is 3.61. The molecular formula is C14H15ClN2O3S. The van der Waals surface area contributed by atoms with Crippen molar-refractivity contribution in [1.29, 1.82) is 0 Å². The molecule has 0 unspecified atom stereocenters. The first kappa shape index (κ1) is 15.6. The minimum Gasteiger partial charge on any atom is -0.497 e. The smallest absolute Gasteiger partial charge is 0.186 e. The maximum Gasteiger partial charge on any atom is 0.186 e. The van der Waals surface area contributed by atoms with E-state index in [2.05, 4.69) is 4.98 Å². The molecule has 2 rings (SSSR count). The molecule has 0 saturated heterocycles. The van der Waals surface area contributed by atoms with Gasteiger partial charge in [-0.05, 0) is 25.1 Å². The van der Waals surface area contributed by atoms with Gasteiger partial charge in [0.2, 0.25) is 0 Å². The number of pyridine rings is 1. The summed E-state index contributed by atoms with van der Waals surface area (Å²) in [5.41, 5.74) is 6.97. The lowest BCUT2D eigenvalue weighted by Crippen LogP contribution is -2.09. The number of anilines is 1. The summed E-state index contributed by atoms with van der Waals surface area (Å²) in [5.74, 6) is 0.294. The third-order valence-corrected chi connectivity index (χ3v) is 4.80. The minimum absolute atomic E-state index is 0.0114. The largest absolute Gasteiger partial charge is 0.497 e. The van der Waals surface area contributed by atoms with Crippen LogP contribution in [0.15, 0.2) is 35.2 Å². The second kappa shape index (κ2) is 5.91. The SMILES string of the molecule is COc1cc(C)nc(CS(=O)(=O)c2cc(Cl)ccc2N)c1. The van der Waals surface area contributed by atoms with E-state index in [9.17, 15) is 8.42 Å². The molecule has 0 radical (unpaired) electrons. The number of rotatable bonds is 4. The number of aryl methyl sites for hydroxylation is 1. The highest BCUT2D eigenvalue weighted by Gasteiger charge is 2.20. The molecule has 0 atom stereocenters. The van der Waals surface area contributed by atoms with Crippen LogP contribution in [0.1, 0.15) is 11.4 Å². The van der Waals surface area contributed by atoms with Gasteiger partial charge in [0.1, 0.15) is 5.75 Å². The lowest BCUT2D eigenvalue weighted by Gasteiger charge is -2.09. The number of nitrogens with zero attached hydrogens (tertiary/aromatic N) is 1. The molecule has 0 aliphatic rings. The molecule has 0 spiro atoms. The molecule has 0 aliphatic carbocycles. The van der Waals surface area contributed by atoms with Crippen LogP contribution < -0.4 is 10.5 Å². The Balaban J connectivity index is 2.42. The Morgan fingerprint density at radius 1 is 1.29 bits per heavy atom. The van der Waals surface area contributed by atoms with Gasteiger partial charge in [-0.15, -0.1) is 0 Å². The van der Waals surface area contributed by atoms with Gasteiger partial charge in [0.25, 0.3) is 0 Å². The van der Waals surface area contributed by atoms with E-state index in [1.165, 1.54) is 19.2 Å². The maximum atomic E-state index is 12.5. The van der Waals surface area contributed by atoms with E-state index < -0.39 is 9.84 Å². The Hall–Kier alpha value is -1.79. The first-order chi connectivity index (χ1) is 9.81. The van der Waals surface area contributed by atoms with Crippen LogP contribution in [0.25, 0.3) is 0 Å². The first-order valence-corrected chi connectivity index (χ1v) is 8.14. The van der Waals surface area contributed by atoms with Gasteiger partial charge in [-0.25, -0.2) is 8.42 Å². The molecule has 7 heteroatoms. The molecule has 112 valence electrons. The number of benzene rings is 1. The fraction of sp³-hybridized carbons (Fsp3) is 0.214. The van der Waals surface area contributed by atoms with Crippen molar-refractivity contribution in [3.8, 4) is 5.75 Å². The molecule has 1 aromatic carbocycles. The lowest BCUT2D eigenvalue weighted by atomic mass is 10.3. The molecule has 1 aromatic heterocycles. The monoisotopic (exact) mass is 326 g/mol. The van der Waals surface area contributed by atoms with Crippen LogP contribution in [-0.4, -0.2) is 20.5 Å². The highest BCUT2D eigenvalue weighted by molar-refractivity contribution is 7.90. The highest BCUT2D eigenvalue weighted by atomic mass is 35.5. The summed E-state index contributed by atoms with van der Waals surface area (Å²) in [4.78, 5) is 4.22. The summed E-state index contributed by atoms with van der Waals surface area (Å²) in [6.07, 6.45) is 0. The zero-order valence-corrected chi connectivity index (χ0v) is 13.2. The minimum atomic E-state index is -3.64. The number of nitrogens with two attached hydrogens (primary N) is 1. The lowest BCUT2D eigenvalue weighted by molar-refractivity contribution is 0.413. The number of nitrogen functional groups attached to an aromatic ring is 1. The second-order valence-corrected chi connectivity index (χ2v) is 6.98. The average molecular weight is 327 g/mol. The van der Waals surface area contributed by atoms with Gasteiger partial charge >= 0.3 is 0 Å². The molecule has 0 aliphatic heterocycles. The molecule has 0 amide bonds. The van der Waals surface area contributed by atoms with Crippen LogP contribution in [0.2, 0.25) is 5.02 Å². The number of sulfone groups is 1. The number of hydrogen-bond donors (Lipinski definition) is 1. The van der Waals surface area contributed by atoms with E-state index in [-0.39, 0.29) is 16.3 Å². The molecule has 21 heavy (non-hydrogen) atoms. The molecule has 0 fully saturated rings. The van der Waals surface area contributed by atoms with Crippen LogP contribution in [0, 0.1) is 6.92 Å². The topological polar surface area (TPSA) is 82.3 Å². The van der Waals surface area contributed by atoms with Crippen molar-refractivity contribution in [3.05, 3.63) is 46.7 Å². The number of hydrogen-bond acceptors (Lipinski definition) is 5. The number of halogens is 1. The van der Waals surface area contributed by atoms with E-state index in [0.717, 1.165) is 0 Å².